The molecular weight excluding hydrogens is 520 g/mol. The van der Waals surface area contributed by atoms with Gasteiger partial charge in [-0.25, -0.2) is 4.79 Å². The molecule has 0 radical (unpaired) electrons. The van der Waals surface area contributed by atoms with Gasteiger partial charge in [-0.2, -0.15) is 0 Å². The summed E-state index contributed by atoms with van der Waals surface area (Å²) in [4.78, 5) is 24.4. The highest BCUT2D eigenvalue weighted by Crippen LogP contribution is 2.42. The molecule has 39 heavy (non-hydrogen) atoms. The summed E-state index contributed by atoms with van der Waals surface area (Å²) in [6.45, 7) is 5.58. The second-order valence-electron chi connectivity index (χ2n) is 8.74. The molecular formula is C29H30N2O7S. The van der Waals surface area contributed by atoms with E-state index >= 15 is 0 Å². The van der Waals surface area contributed by atoms with Crippen LogP contribution in [0, 0.1) is 0 Å². The van der Waals surface area contributed by atoms with Crippen molar-refractivity contribution in [1.82, 2.24) is 5.32 Å². The Morgan fingerprint density at radius 3 is 2.49 bits per heavy atom. The van der Waals surface area contributed by atoms with Gasteiger partial charge in [0.1, 0.15) is 17.1 Å². The highest BCUT2D eigenvalue weighted by molar-refractivity contribution is 7.80. The fourth-order valence-electron chi connectivity index (χ4n) is 4.40. The van der Waals surface area contributed by atoms with E-state index in [-0.39, 0.29) is 28.8 Å². The third-order valence-electron chi connectivity index (χ3n) is 6.06. The number of hydrogen-bond acceptors (Lipinski definition) is 7. The van der Waals surface area contributed by atoms with Crippen LogP contribution in [0.15, 0.2) is 63.8 Å². The van der Waals surface area contributed by atoms with E-state index in [0.29, 0.717) is 64.6 Å². The van der Waals surface area contributed by atoms with E-state index in [1.807, 2.05) is 13.8 Å². The topological polar surface area (TPSA) is 130 Å². The van der Waals surface area contributed by atoms with Crippen LogP contribution in [0.25, 0.3) is 33.4 Å². The monoisotopic (exact) mass is 550 g/mol. The smallest absolute Gasteiger partial charge is 0.336 e. The number of phenols is 1. The summed E-state index contributed by atoms with van der Waals surface area (Å²) in [5.41, 5.74) is 2.19. The van der Waals surface area contributed by atoms with Crippen LogP contribution >= 0.6 is 12.2 Å². The van der Waals surface area contributed by atoms with Gasteiger partial charge < -0.3 is 34.7 Å². The maximum atomic E-state index is 12.4. The third kappa shape index (κ3) is 6.72. The van der Waals surface area contributed by atoms with Gasteiger partial charge in [0.15, 0.2) is 16.8 Å². The first-order valence-electron chi connectivity index (χ1n) is 12.7. The summed E-state index contributed by atoms with van der Waals surface area (Å²) in [5, 5.41) is 27.2. The van der Waals surface area contributed by atoms with Gasteiger partial charge in [-0.1, -0.05) is 6.07 Å². The number of carbonyl (C=O) groups is 1. The number of rotatable bonds is 11. The molecule has 10 heteroatoms. The maximum Gasteiger partial charge on any atom is 0.336 e. The number of benzene rings is 3. The van der Waals surface area contributed by atoms with Gasteiger partial charge in [0.2, 0.25) is 0 Å². The predicted molar refractivity (Wildman–Crippen MR) is 154 cm³/mol. The number of fused-ring (bicyclic) bond motifs is 2. The van der Waals surface area contributed by atoms with E-state index in [2.05, 4.69) is 10.6 Å². The van der Waals surface area contributed by atoms with Crippen LogP contribution in [0.3, 0.4) is 0 Å². The Kier molecular flexibility index (Phi) is 9.13. The van der Waals surface area contributed by atoms with Crippen molar-refractivity contribution in [3.63, 3.8) is 0 Å². The summed E-state index contributed by atoms with van der Waals surface area (Å²) >= 11 is 5.41. The predicted octanol–water partition coefficient (Wildman–Crippen LogP) is 5.43. The first-order chi connectivity index (χ1) is 18.8. The minimum atomic E-state index is -1.13. The third-order valence-corrected chi connectivity index (χ3v) is 6.31. The van der Waals surface area contributed by atoms with Crippen molar-refractivity contribution in [2.75, 3.05) is 25.1 Å². The number of hydrogen-bond donors (Lipinski definition) is 4. The minimum Gasteiger partial charge on any atom is -0.508 e. The number of carboxylic acid groups (broad SMARTS) is 1. The zero-order valence-electron chi connectivity index (χ0n) is 21.7. The highest BCUT2D eigenvalue weighted by atomic mass is 32.1. The number of ether oxygens (including phenoxy) is 2. The lowest BCUT2D eigenvalue weighted by Gasteiger charge is -2.18. The molecule has 0 unspecified atom stereocenters. The molecule has 0 amide bonds. The molecule has 0 atom stereocenters. The summed E-state index contributed by atoms with van der Waals surface area (Å²) in [6, 6.07) is 13.9. The van der Waals surface area contributed by atoms with Crippen molar-refractivity contribution in [3.05, 3.63) is 70.4 Å². The highest BCUT2D eigenvalue weighted by Gasteiger charge is 2.22. The van der Waals surface area contributed by atoms with Crippen LogP contribution in [-0.2, 0) is 9.47 Å². The Morgan fingerprint density at radius 2 is 1.77 bits per heavy atom. The van der Waals surface area contributed by atoms with Gasteiger partial charge in [0.05, 0.1) is 5.56 Å². The van der Waals surface area contributed by atoms with Crippen molar-refractivity contribution in [3.8, 4) is 28.2 Å². The standard InChI is InChI=1S/C29H30N2O7S/c1-3-36-26(37-4-2)6-5-13-30-29(39)31-17-7-10-20(23(14-17)28(34)35)27-21-11-8-18(32)15-24(21)38-25-16-19(33)9-12-22(25)27/h7-12,14-16,26,32H,3-6,13H2,1-2H3,(H,34,35)(H2,30,31,39). The van der Waals surface area contributed by atoms with Gasteiger partial charge in [0, 0.05) is 60.5 Å². The SMILES string of the molecule is CCOC(CCCNC(=S)Nc1ccc(-c2c3ccc(=O)cc-3oc3cc(O)ccc23)c(C(=O)O)c1)OCC. The van der Waals surface area contributed by atoms with E-state index in [9.17, 15) is 19.8 Å². The summed E-state index contributed by atoms with van der Waals surface area (Å²) < 4.78 is 17.0. The molecule has 1 heterocycles. The largest absolute Gasteiger partial charge is 0.508 e. The van der Waals surface area contributed by atoms with Crippen LogP contribution in [-0.4, -0.2) is 47.3 Å². The molecule has 0 saturated carbocycles. The van der Waals surface area contributed by atoms with Crippen LogP contribution in [0.1, 0.15) is 37.0 Å². The van der Waals surface area contributed by atoms with E-state index in [1.54, 1.807) is 24.3 Å². The van der Waals surface area contributed by atoms with E-state index < -0.39 is 5.97 Å². The maximum absolute atomic E-state index is 12.4. The number of phenolic OH excluding ortho intramolecular Hbond substituents is 1. The van der Waals surface area contributed by atoms with E-state index in [0.717, 1.165) is 6.42 Å². The zero-order chi connectivity index (χ0) is 27.9. The lowest BCUT2D eigenvalue weighted by molar-refractivity contribution is -0.139. The normalized spacial score (nSPS) is 11.3. The van der Waals surface area contributed by atoms with E-state index in [1.165, 1.54) is 30.3 Å². The first-order valence-corrected chi connectivity index (χ1v) is 13.1. The number of aromatic carboxylic acids is 1. The lowest BCUT2D eigenvalue weighted by atomic mass is 9.90. The number of nitrogens with one attached hydrogen (secondary N) is 2. The average molecular weight is 551 g/mol. The molecule has 0 fully saturated rings. The average Bonchev–Trinajstić information content (AvgIpc) is 2.90. The number of anilines is 1. The summed E-state index contributed by atoms with van der Waals surface area (Å²) in [7, 11) is 0. The molecule has 4 rings (SSSR count). The number of aromatic hydroxyl groups is 1. The Balaban J connectivity index is 1.60. The molecule has 2 aromatic carbocycles. The first kappa shape index (κ1) is 28.0. The van der Waals surface area contributed by atoms with Crippen molar-refractivity contribution in [2.45, 2.75) is 33.0 Å². The molecule has 1 aliphatic carbocycles. The summed E-state index contributed by atoms with van der Waals surface area (Å²) in [6.07, 6.45) is 1.23. The van der Waals surface area contributed by atoms with Crippen molar-refractivity contribution < 1.29 is 28.9 Å². The van der Waals surface area contributed by atoms with Crippen molar-refractivity contribution in [1.29, 1.82) is 0 Å². The molecule has 204 valence electrons. The van der Waals surface area contributed by atoms with Gasteiger partial charge in [-0.05, 0) is 74.4 Å². The molecule has 2 aromatic rings. The van der Waals surface area contributed by atoms with Crippen molar-refractivity contribution in [2.24, 2.45) is 0 Å². The Hall–Kier alpha value is -3.99. The molecule has 2 aliphatic rings. The fraction of sp³-hybridized carbons (Fsp3) is 0.276. The summed E-state index contributed by atoms with van der Waals surface area (Å²) in [5.74, 6) is -0.859. The molecule has 0 bridgehead atoms. The lowest BCUT2D eigenvalue weighted by Crippen LogP contribution is -2.30. The van der Waals surface area contributed by atoms with Gasteiger partial charge >= 0.3 is 5.97 Å². The molecule has 9 nitrogen and oxygen atoms in total. The molecule has 4 N–H and O–H groups in total. The molecule has 0 aromatic heterocycles. The number of thiocarbonyl (C=S) groups is 1. The van der Waals surface area contributed by atoms with Crippen LogP contribution in [0.5, 0.6) is 5.75 Å². The Bertz CT molecular complexity index is 1510. The van der Waals surface area contributed by atoms with Crippen LogP contribution in [0.2, 0.25) is 0 Å². The fourth-order valence-corrected chi connectivity index (χ4v) is 4.62. The van der Waals surface area contributed by atoms with E-state index in [4.69, 9.17) is 26.1 Å². The second-order valence-corrected chi connectivity index (χ2v) is 9.15. The van der Waals surface area contributed by atoms with Crippen LogP contribution < -0.4 is 16.1 Å². The zero-order valence-corrected chi connectivity index (χ0v) is 22.5. The van der Waals surface area contributed by atoms with Gasteiger partial charge in [0.25, 0.3) is 0 Å². The molecule has 0 spiro atoms. The second kappa shape index (κ2) is 12.7. The van der Waals surface area contributed by atoms with Gasteiger partial charge in [-0.15, -0.1) is 0 Å². The molecule has 1 aliphatic heterocycles. The van der Waals surface area contributed by atoms with Gasteiger partial charge in [-0.3, -0.25) is 4.79 Å². The Morgan fingerprint density at radius 1 is 1.03 bits per heavy atom. The van der Waals surface area contributed by atoms with Crippen LogP contribution in [0.4, 0.5) is 5.69 Å². The minimum absolute atomic E-state index is 0.0138. The quantitative estimate of drug-likeness (QED) is 0.0829. The Labute approximate surface area is 230 Å². The van der Waals surface area contributed by atoms with Crippen molar-refractivity contribution >= 4 is 40.0 Å². The number of carboxylic acids is 1. The molecule has 0 saturated heterocycles.